The van der Waals surface area contributed by atoms with Crippen molar-refractivity contribution in [1.82, 2.24) is 15.0 Å². The number of benzene rings is 8. The van der Waals surface area contributed by atoms with Gasteiger partial charge in [0.15, 0.2) is 5.82 Å². The highest BCUT2D eigenvalue weighted by atomic mass is 14.9. The maximum atomic E-state index is 5.25. The summed E-state index contributed by atoms with van der Waals surface area (Å²) in [5.41, 5.74) is 10.2. The molecule has 3 heteroatoms. The molecule has 10 rings (SSSR count). The van der Waals surface area contributed by atoms with Crippen LogP contribution in [0, 0.1) is 0 Å². The van der Waals surface area contributed by atoms with Crippen LogP contribution >= 0.6 is 0 Å². The number of pyridine rings is 1. The van der Waals surface area contributed by atoms with Crippen molar-refractivity contribution >= 4 is 43.2 Å². The summed E-state index contributed by atoms with van der Waals surface area (Å²) in [6.07, 6.45) is 0. The number of rotatable bonds is 5. The normalized spacial score (nSPS) is 11.5. The van der Waals surface area contributed by atoms with Gasteiger partial charge in [0.25, 0.3) is 0 Å². The fraction of sp³-hybridized carbons (Fsp3) is 0. The maximum Gasteiger partial charge on any atom is 0.160 e. The highest BCUT2D eigenvalue weighted by Crippen LogP contribution is 2.40. The van der Waals surface area contributed by atoms with E-state index in [0.29, 0.717) is 5.82 Å². The van der Waals surface area contributed by atoms with Crippen molar-refractivity contribution < 1.29 is 0 Å². The average Bonchev–Trinajstić information content (AvgIpc) is 3.23. The van der Waals surface area contributed by atoms with Gasteiger partial charge in [-0.15, -0.1) is 0 Å². The Hall–Kier alpha value is -6.97. The van der Waals surface area contributed by atoms with E-state index < -0.39 is 0 Å². The van der Waals surface area contributed by atoms with E-state index in [0.717, 1.165) is 72.1 Å². The van der Waals surface area contributed by atoms with Gasteiger partial charge in [0.2, 0.25) is 0 Å². The minimum atomic E-state index is 0.701. The third-order valence-electron chi connectivity index (χ3n) is 10.0. The molecule has 242 valence electrons. The molecule has 8 aromatic carbocycles. The molecule has 2 aromatic heterocycles. The van der Waals surface area contributed by atoms with Crippen molar-refractivity contribution in [3.63, 3.8) is 0 Å². The quantitative estimate of drug-likeness (QED) is 0.172. The zero-order valence-corrected chi connectivity index (χ0v) is 28.2. The zero-order chi connectivity index (χ0) is 34.4. The number of aromatic nitrogens is 3. The summed E-state index contributed by atoms with van der Waals surface area (Å²) in [4.78, 5) is 15.6. The second-order valence-corrected chi connectivity index (χ2v) is 13.2. The standard InChI is InChI=1S/C49H31N3/c1-2-14-34(15-3-1)48-43-22-11-21-41(47(43)42-20-8-9-23-44(42)50-48)37-18-10-19-38(30-37)45-31-46(39-26-24-32-12-4-6-16-35(32)28-39)52-49(51-45)40-27-25-33-13-5-7-17-36(33)29-40/h1-31H. The average molecular weight is 662 g/mol. The molecule has 0 saturated heterocycles. The molecule has 0 radical (unpaired) electrons. The number of para-hydroxylation sites is 1. The van der Waals surface area contributed by atoms with E-state index in [9.17, 15) is 0 Å². The Morgan fingerprint density at radius 3 is 1.63 bits per heavy atom. The van der Waals surface area contributed by atoms with E-state index in [4.69, 9.17) is 15.0 Å². The van der Waals surface area contributed by atoms with Crippen LogP contribution in [0.4, 0.5) is 0 Å². The SMILES string of the molecule is c1ccc(-c2nc3ccccc3c3c(-c4cccc(-c5cc(-c6ccc7ccccc7c6)nc(-c6ccc7ccccc7c6)n5)c4)cccc23)cc1. The Morgan fingerprint density at radius 1 is 0.308 bits per heavy atom. The van der Waals surface area contributed by atoms with E-state index in [1.807, 2.05) is 6.07 Å². The first-order valence-electron chi connectivity index (χ1n) is 17.6. The molecule has 10 aromatic rings. The van der Waals surface area contributed by atoms with Crippen LogP contribution in [0.3, 0.4) is 0 Å². The van der Waals surface area contributed by atoms with Gasteiger partial charge < -0.3 is 0 Å². The highest BCUT2D eigenvalue weighted by molar-refractivity contribution is 6.17. The molecule has 0 aliphatic rings. The van der Waals surface area contributed by atoms with Gasteiger partial charge >= 0.3 is 0 Å². The van der Waals surface area contributed by atoms with Crippen LogP contribution in [0.5, 0.6) is 0 Å². The van der Waals surface area contributed by atoms with Gasteiger partial charge in [-0.3, -0.25) is 0 Å². The van der Waals surface area contributed by atoms with E-state index in [2.05, 4.69) is 182 Å². The first kappa shape index (κ1) is 29.9. The predicted molar refractivity (Wildman–Crippen MR) is 217 cm³/mol. The fourth-order valence-corrected chi connectivity index (χ4v) is 7.45. The van der Waals surface area contributed by atoms with Crippen LogP contribution < -0.4 is 0 Å². The summed E-state index contributed by atoms with van der Waals surface area (Å²) in [5, 5.41) is 8.21. The first-order valence-corrected chi connectivity index (χ1v) is 17.6. The van der Waals surface area contributed by atoms with E-state index in [1.165, 1.54) is 21.5 Å². The zero-order valence-electron chi connectivity index (χ0n) is 28.2. The summed E-state index contributed by atoms with van der Waals surface area (Å²) in [5.74, 6) is 0.701. The van der Waals surface area contributed by atoms with Crippen LogP contribution in [-0.4, -0.2) is 15.0 Å². The van der Waals surface area contributed by atoms with Crippen molar-refractivity contribution in [1.29, 1.82) is 0 Å². The van der Waals surface area contributed by atoms with E-state index in [1.54, 1.807) is 0 Å². The Kier molecular flexibility index (Phi) is 7.14. The summed E-state index contributed by atoms with van der Waals surface area (Å²) < 4.78 is 0. The molecule has 0 fully saturated rings. The Labute approximate surface area is 301 Å². The van der Waals surface area contributed by atoms with Gasteiger partial charge in [0, 0.05) is 38.4 Å². The van der Waals surface area contributed by atoms with Crippen LogP contribution in [0.1, 0.15) is 0 Å². The van der Waals surface area contributed by atoms with Gasteiger partial charge in [0.1, 0.15) is 0 Å². The van der Waals surface area contributed by atoms with E-state index in [-0.39, 0.29) is 0 Å². The molecule has 2 heterocycles. The molecular formula is C49H31N3. The minimum Gasteiger partial charge on any atom is -0.247 e. The van der Waals surface area contributed by atoms with Gasteiger partial charge in [0.05, 0.1) is 22.6 Å². The molecule has 0 atom stereocenters. The molecule has 0 amide bonds. The topological polar surface area (TPSA) is 38.7 Å². The number of hydrogen-bond donors (Lipinski definition) is 0. The minimum absolute atomic E-state index is 0.701. The van der Waals surface area contributed by atoms with Crippen molar-refractivity contribution in [2.24, 2.45) is 0 Å². The predicted octanol–water partition coefficient (Wildman–Crippen LogP) is 12.8. The van der Waals surface area contributed by atoms with Crippen LogP contribution in [-0.2, 0) is 0 Å². The van der Waals surface area contributed by atoms with E-state index >= 15 is 0 Å². The smallest absolute Gasteiger partial charge is 0.160 e. The van der Waals surface area contributed by atoms with Crippen molar-refractivity contribution in [3.05, 3.63) is 188 Å². The van der Waals surface area contributed by atoms with Crippen LogP contribution in [0.2, 0.25) is 0 Å². The number of hydrogen-bond acceptors (Lipinski definition) is 3. The Balaban J connectivity index is 1.17. The fourth-order valence-electron chi connectivity index (χ4n) is 7.45. The van der Waals surface area contributed by atoms with Crippen molar-refractivity contribution in [3.8, 4) is 56.3 Å². The molecule has 52 heavy (non-hydrogen) atoms. The lowest BCUT2D eigenvalue weighted by Gasteiger charge is -2.15. The number of fused-ring (bicyclic) bond motifs is 5. The second kappa shape index (κ2) is 12.4. The van der Waals surface area contributed by atoms with Gasteiger partial charge in [-0.2, -0.15) is 0 Å². The lowest BCUT2D eigenvalue weighted by molar-refractivity contribution is 1.18. The third kappa shape index (κ3) is 5.28. The molecule has 0 aliphatic carbocycles. The van der Waals surface area contributed by atoms with Crippen molar-refractivity contribution in [2.75, 3.05) is 0 Å². The molecule has 0 bridgehead atoms. The molecule has 0 unspecified atom stereocenters. The summed E-state index contributed by atoms with van der Waals surface area (Å²) in [7, 11) is 0. The largest absolute Gasteiger partial charge is 0.247 e. The molecule has 0 spiro atoms. The maximum absolute atomic E-state index is 5.25. The highest BCUT2D eigenvalue weighted by Gasteiger charge is 2.16. The van der Waals surface area contributed by atoms with Crippen LogP contribution in [0.25, 0.3) is 99.5 Å². The lowest BCUT2D eigenvalue weighted by atomic mass is 9.92. The summed E-state index contributed by atoms with van der Waals surface area (Å²) in [6.45, 7) is 0. The van der Waals surface area contributed by atoms with Gasteiger partial charge in [-0.05, 0) is 63.0 Å². The van der Waals surface area contributed by atoms with Gasteiger partial charge in [-0.25, -0.2) is 15.0 Å². The van der Waals surface area contributed by atoms with Crippen molar-refractivity contribution in [2.45, 2.75) is 0 Å². The molecule has 3 nitrogen and oxygen atoms in total. The lowest BCUT2D eigenvalue weighted by Crippen LogP contribution is -1.96. The molecule has 0 aliphatic heterocycles. The second-order valence-electron chi connectivity index (χ2n) is 13.2. The Morgan fingerprint density at radius 2 is 0.865 bits per heavy atom. The monoisotopic (exact) mass is 661 g/mol. The van der Waals surface area contributed by atoms with Gasteiger partial charge in [-0.1, -0.05) is 158 Å². The Bertz CT molecular complexity index is 2870. The molecule has 0 N–H and O–H groups in total. The third-order valence-corrected chi connectivity index (χ3v) is 10.0. The molecular weight excluding hydrogens is 631 g/mol. The molecule has 0 saturated carbocycles. The summed E-state index contributed by atoms with van der Waals surface area (Å²) in [6, 6.07) is 66.3. The number of nitrogens with zero attached hydrogens (tertiary/aromatic N) is 3. The first-order chi connectivity index (χ1) is 25.7. The van der Waals surface area contributed by atoms with Crippen LogP contribution in [0.15, 0.2) is 188 Å². The summed E-state index contributed by atoms with van der Waals surface area (Å²) >= 11 is 0.